The van der Waals surface area contributed by atoms with E-state index in [1.165, 1.54) is 6.07 Å². The number of hydrogen-bond acceptors (Lipinski definition) is 2. The predicted molar refractivity (Wildman–Crippen MR) is 48.1 cm³/mol. The molecule has 0 bridgehead atoms. The van der Waals surface area contributed by atoms with Gasteiger partial charge in [-0.25, -0.2) is 9.37 Å². The Labute approximate surface area is 88.5 Å². The van der Waals surface area contributed by atoms with E-state index >= 15 is 0 Å². The fourth-order valence-electron chi connectivity index (χ4n) is 0.910. The van der Waals surface area contributed by atoms with Crippen LogP contribution in [-0.2, 0) is 4.79 Å². The van der Waals surface area contributed by atoms with Crippen molar-refractivity contribution in [3.8, 4) is 0 Å². The third-order valence-electron chi connectivity index (χ3n) is 1.63. The molecule has 0 spiro atoms. The number of alkyl halides is 3. The van der Waals surface area contributed by atoms with E-state index in [-0.39, 0.29) is 5.82 Å². The van der Waals surface area contributed by atoms with Crippen LogP contribution >= 0.6 is 0 Å². The van der Waals surface area contributed by atoms with Crippen LogP contribution in [0.15, 0.2) is 18.3 Å². The maximum Gasteiger partial charge on any atom is 0.389 e. The molecule has 1 N–H and O–H groups in total. The van der Waals surface area contributed by atoms with E-state index in [0.29, 0.717) is 0 Å². The molecule has 0 fully saturated rings. The zero-order valence-electron chi connectivity index (χ0n) is 8.01. The van der Waals surface area contributed by atoms with Crippen molar-refractivity contribution in [2.45, 2.75) is 19.0 Å². The van der Waals surface area contributed by atoms with Crippen LogP contribution in [0.25, 0.3) is 0 Å². The maximum absolute atomic E-state index is 12.4. The molecule has 3 nitrogen and oxygen atoms in total. The van der Waals surface area contributed by atoms with E-state index in [4.69, 9.17) is 0 Å². The fraction of sp³-hybridized carbons (Fsp3) is 0.333. The smallest absolute Gasteiger partial charge is 0.311 e. The normalized spacial score (nSPS) is 11.2. The van der Waals surface area contributed by atoms with Crippen molar-refractivity contribution in [1.29, 1.82) is 0 Å². The molecule has 0 aliphatic rings. The third kappa shape index (κ3) is 4.72. The van der Waals surface area contributed by atoms with E-state index < -0.39 is 30.7 Å². The average molecular weight is 236 g/mol. The van der Waals surface area contributed by atoms with Gasteiger partial charge in [0.05, 0.1) is 12.6 Å². The minimum absolute atomic E-state index is 0.0218. The van der Waals surface area contributed by atoms with Crippen LogP contribution in [0.5, 0.6) is 0 Å². The third-order valence-corrected chi connectivity index (χ3v) is 1.63. The van der Waals surface area contributed by atoms with Gasteiger partial charge >= 0.3 is 6.18 Å². The van der Waals surface area contributed by atoms with Gasteiger partial charge in [-0.2, -0.15) is 13.2 Å². The van der Waals surface area contributed by atoms with Gasteiger partial charge in [-0.05, 0) is 12.1 Å². The number of aromatic nitrogens is 1. The average Bonchev–Trinajstić information content (AvgIpc) is 2.18. The number of rotatable bonds is 3. The van der Waals surface area contributed by atoms with Crippen molar-refractivity contribution in [2.24, 2.45) is 0 Å². The number of hydrogen-bond donors (Lipinski definition) is 1. The maximum atomic E-state index is 12.4. The lowest BCUT2D eigenvalue weighted by Crippen LogP contribution is -2.17. The quantitative estimate of drug-likeness (QED) is 0.819. The van der Waals surface area contributed by atoms with Crippen molar-refractivity contribution in [3.05, 3.63) is 24.1 Å². The summed E-state index contributed by atoms with van der Waals surface area (Å²) >= 11 is 0. The van der Waals surface area contributed by atoms with Crippen molar-refractivity contribution in [3.63, 3.8) is 0 Å². The zero-order chi connectivity index (χ0) is 12.2. The first-order chi connectivity index (χ1) is 7.37. The lowest BCUT2D eigenvalue weighted by atomic mass is 10.3. The number of anilines is 1. The molecule has 16 heavy (non-hydrogen) atoms. The summed E-state index contributed by atoms with van der Waals surface area (Å²) in [6.45, 7) is 0. The minimum Gasteiger partial charge on any atom is -0.311 e. The van der Waals surface area contributed by atoms with Crippen LogP contribution < -0.4 is 5.32 Å². The number of nitrogens with one attached hydrogen (secondary N) is 1. The standard InChI is InChI=1S/C9H8F4N2O/c10-6-1-2-7(14-5-6)15-8(16)3-4-9(11,12)13/h1-2,5H,3-4H2,(H,14,15,16). The minimum atomic E-state index is -4.37. The van der Waals surface area contributed by atoms with Gasteiger partial charge in [0.1, 0.15) is 11.6 Å². The molecule has 1 amide bonds. The number of halogens is 4. The highest BCUT2D eigenvalue weighted by atomic mass is 19.4. The van der Waals surface area contributed by atoms with Gasteiger partial charge < -0.3 is 5.32 Å². The number of nitrogens with zero attached hydrogens (tertiary/aromatic N) is 1. The van der Waals surface area contributed by atoms with Gasteiger partial charge in [0, 0.05) is 6.42 Å². The number of carbonyl (C=O) groups excluding carboxylic acids is 1. The molecule has 0 saturated heterocycles. The highest BCUT2D eigenvalue weighted by Gasteiger charge is 2.27. The highest BCUT2D eigenvalue weighted by molar-refractivity contribution is 5.89. The Kier molecular flexibility index (Phi) is 3.81. The first-order valence-electron chi connectivity index (χ1n) is 4.35. The highest BCUT2D eigenvalue weighted by Crippen LogP contribution is 2.21. The summed E-state index contributed by atoms with van der Waals surface area (Å²) in [4.78, 5) is 14.5. The molecule has 0 aromatic carbocycles. The van der Waals surface area contributed by atoms with Crippen LogP contribution in [0.4, 0.5) is 23.4 Å². The summed E-state index contributed by atoms with van der Waals surface area (Å²) in [5.41, 5.74) is 0. The Bertz CT molecular complexity index is 361. The van der Waals surface area contributed by atoms with Crippen molar-refractivity contribution in [2.75, 3.05) is 5.32 Å². The Morgan fingerprint density at radius 3 is 2.56 bits per heavy atom. The van der Waals surface area contributed by atoms with Gasteiger partial charge in [-0.15, -0.1) is 0 Å². The van der Waals surface area contributed by atoms with E-state index in [1.807, 2.05) is 0 Å². The molecule has 0 atom stereocenters. The van der Waals surface area contributed by atoms with E-state index in [0.717, 1.165) is 12.3 Å². The van der Waals surface area contributed by atoms with E-state index in [9.17, 15) is 22.4 Å². The van der Waals surface area contributed by atoms with Crippen molar-refractivity contribution >= 4 is 11.7 Å². The molecule has 1 aromatic heterocycles. The predicted octanol–water partition coefficient (Wildman–Crippen LogP) is 2.50. The Morgan fingerprint density at radius 2 is 2.06 bits per heavy atom. The first-order valence-corrected chi connectivity index (χ1v) is 4.35. The topological polar surface area (TPSA) is 42.0 Å². The number of pyridine rings is 1. The second-order valence-electron chi connectivity index (χ2n) is 3.03. The monoisotopic (exact) mass is 236 g/mol. The molecule has 0 radical (unpaired) electrons. The van der Waals surface area contributed by atoms with Gasteiger partial charge in [-0.3, -0.25) is 4.79 Å². The van der Waals surface area contributed by atoms with Crippen LogP contribution in [0.2, 0.25) is 0 Å². The summed E-state index contributed by atoms with van der Waals surface area (Å²) in [7, 11) is 0. The molecule has 7 heteroatoms. The zero-order valence-corrected chi connectivity index (χ0v) is 8.01. The molecule has 1 aromatic rings. The summed E-state index contributed by atoms with van der Waals surface area (Å²) < 4.78 is 47.7. The largest absolute Gasteiger partial charge is 0.389 e. The van der Waals surface area contributed by atoms with Crippen LogP contribution in [0.1, 0.15) is 12.8 Å². The summed E-state index contributed by atoms with van der Waals surface area (Å²) in [5.74, 6) is -1.38. The van der Waals surface area contributed by atoms with Gasteiger partial charge in [0.25, 0.3) is 0 Å². The molecule has 0 aliphatic heterocycles. The molecule has 0 unspecified atom stereocenters. The van der Waals surface area contributed by atoms with Gasteiger partial charge in [-0.1, -0.05) is 0 Å². The molecule has 88 valence electrons. The van der Waals surface area contributed by atoms with Crippen LogP contribution in [0, 0.1) is 5.82 Å². The molecular weight excluding hydrogens is 228 g/mol. The lowest BCUT2D eigenvalue weighted by Gasteiger charge is -2.06. The van der Waals surface area contributed by atoms with Gasteiger partial charge in [0.2, 0.25) is 5.91 Å². The lowest BCUT2D eigenvalue weighted by molar-refractivity contribution is -0.142. The van der Waals surface area contributed by atoms with E-state index in [2.05, 4.69) is 10.3 Å². The van der Waals surface area contributed by atoms with Crippen LogP contribution in [-0.4, -0.2) is 17.1 Å². The summed E-state index contributed by atoms with van der Waals surface area (Å²) in [6, 6.07) is 2.22. The molecule has 0 saturated carbocycles. The van der Waals surface area contributed by atoms with E-state index in [1.54, 1.807) is 0 Å². The Hall–Kier alpha value is -1.66. The second kappa shape index (κ2) is 4.91. The van der Waals surface area contributed by atoms with Gasteiger partial charge in [0.15, 0.2) is 0 Å². The van der Waals surface area contributed by atoms with Crippen molar-refractivity contribution in [1.82, 2.24) is 4.98 Å². The summed E-state index contributed by atoms with van der Waals surface area (Å²) in [5, 5.41) is 2.12. The van der Waals surface area contributed by atoms with Crippen molar-refractivity contribution < 1.29 is 22.4 Å². The molecular formula is C9H8F4N2O. The summed E-state index contributed by atoms with van der Waals surface area (Å²) in [6.07, 6.45) is -5.38. The Morgan fingerprint density at radius 1 is 1.38 bits per heavy atom. The van der Waals surface area contributed by atoms with Crippen LogP contribution in [0.3, 0.4) is 0 Å². The fourth-order valence-corrected chi connectivity index (χ4v) is 0.910. The SMILES string of the molecule is O=C(CCC(F)(F)F)Nc1ccc(F)cn1. The number of amides is 1. The molecule has 1 heterocycles. The molecule has 1 rings (SSSR count). The molecule has 0 aliphatic carbocycles. The first kappa shape index (κ1) is 12.4. The second-order valence-corrected chi connectivity index (χ2v) is 3.03. The Balaban J connectivity index is 2.43. The number of carbonyl (C=O) groups is 1.